The van der Waals surface area contributed by atoms with Crippen molar-refractivity contribution in [1.29, 1.82) is 0 Å². The zero-order chi connectivity index (χ0) is 13.1. The summed E-state index contributed by atoms with van der Waals surface area (Å²) in [5.74, 6) is 0.582. The molecule has 2 aromatic rings. The molecule has 0 aromatic heterocycles. The number of hydrogen-bond donors (Lipinski definition) is 0. The predicted octanol–water partition coefficient (Wildman–Crippen LogP) is 5.49. The van der Waals surface area contributed by atoms with Crippen LogP contribution in [0, 0.1) is 0 Å². The number of rotatable bonds is 3. The van der Waals surface area contributed by atoms with Gasteiger partial charge in [-0.05, 0) is 17.2 Å². The summed E-state index contributed by atoms with van der Waals surface area (Å²) >= 11 is 16.0. The predicted molar refractivity (Wildman–Crippen MR) is 80.2 cm³/mol. The maximum Gasteiger partial charge on any atom is 0.138 e. The van der Waals surface area contributed by atoms with Crippen LogP contribution in [0.5, 0.6) is 5.75 Å². The fourth-order valence-corrected chi connectivity index (χ4v) is 3.02. The van der Waals surface area contributed by atoms with Crippen molar-refractivity contribution in [2.75, 3.05) is 7.11 Å². The van der Waals surface area contributed by atoms with E-state index in [1.54, 1.807) is 13.2 Å². The van der Waals surface area contributed by atoms with E-state index in [0.29, 0.717) is 15.8 Å². The second-order valence-corrected chi connectivity index (χ2v) is 5.51. The maximum absolute atomic E-state index is 6.26. The van der Waals surface area contributed by atoms with Crippen LogP contribution in [-0.2, 0) is 0 Å². The SMILES string of the molecule is COc1cc(Cl)c(C(Br)c2ccccc2)cc1Cl. The van der Waals surface area contributed by atoms with Crippen molar-refractivity contribution in [3.8, 4) is 5.75 Å². The van der Waals surface area contributed by atoms with Gasteiger partial charge in [-0.1, -0.05) is 69.5 Å². The highest BCUT2D eigenvalue weighted by Crippen LogP contribution is 2.39. The number of benzene rings is 2. The molecule has 0 aliphatic rings. The smallest absolute Gasteiger partial charge is 0.138 e. The molecule has 0 fully saturated rings. The highest BCUT2D eigenvalue weighted by molar-refractivity contribution is 9.09. The lowest BCUT2D eigenvalue weighted by Gasteiger charge is -2.14. The van der Waals surface area contributed by atoms with E-state index in [2.05, 4.69) is 15.9 Å². The molecular formula is C14H11BrCl2O. The molecule has 0 aliphatic heterocycles. The third-order valence-corrected chi connectivity index (χ3v) is 4.28. The Hall–Kier alpha value is -0.700. The molecule has 0 spiro atoms. The Kier molecular flexibility index (Phi) is 4.55. The maximum atomic E-state index is 6.26. The van der Waals surface area contributed by atoms with E-state index in [0.717, 1.165) is 11.1 Å². The number of methoxy groups -OCH3 is 1. The van der Waals surface area contributed by atoms with Crippen LogP contribution in [0.1, 0.15) is 16.0 Å². The highest BCUT2D eigenvalue weighted by Gasteiger charge is 2.16. The van der Waals surface area contributed by atoms with E-state index in [1.807, 2.05) is 36.4 Å². The van der Waals surface area contributed by atoms with Gasteiger partial charge in [0.1, 0.15) is 5.75 Å². The van der Waals surface area contributed by atoms with Crippen molar-refractivity contribution in [2.45, 2.75) is 4.83 Å². The van der Waals surface area contributed by atoms with E-state index < -0.39 is 0 Å². The number of ether oxygens (including phenoxy) is 1. The summed E-state index contributed by atoms with van der Waals surface area (Å²) in [6.07, 6.45) is 0. The fourth-order valence-electron chi connectivity index (χ4n) is 1.70. The Morgan fingerprint density at radius 1 is 1.06 bits per heavy atom. The highest BCUT2D eigenvalue weighted by atomic mass is 79.9. The van der Waals surface area contributed by atoms with Gasteiger partial charge in [0, 0.05) is 11.1 Å². The number of alkyl halides is 1. The normalized spacial score (nSPS) is 12.2. The molecule has 94 valence electrons. The largest absolute Gasteiger partial charge is 0.495 e. The summed E-state index contributed by atoms with van der Waals surface area (Å²) in [5, 5.41) is 1.18. The molecule has 1 nitrogen and oxygen atoms in total. The summed E-state index contributed by atoms with van der Waals surface area (Å²) in [5.41, 5.74) is 2.05. The van der Waals surface area contributed by atoms with Gasteiger partial charge in [-0.25, -0.2) is 0 Å². The van der Waals surface area contributed by atoms with Crippen molar-refractivity contribution in [1.82, 2.24) is 0 Å². The molecule has 1 atom stereocenters. The molecule has 0 bridgehead atoms. The summed E-state index contributed by atoms with van der Waals surface area (Å²) in [7, 11) is 1.57. The van der Waals surface area contributed by atoms with Gasteiger partial charge < -0.3 is 4.74 Å². The van der Waals surface area contributed by atoms with Gasteiger partial charge in [0.15, 0.2) is 0 Å². The van der Waals surface area contributed by atoms with E-state index >= 15 is 0 Å². The number of hydrogen-bond acceptors (Lipinski definition) is 1. The average Bonchev–Trinajstić information content (AvgIpc) is 2.41. The van der Waals surface area contributed by atoms with Gasteiger partial charge >= 0.3 is 0 Å². The molecule has 0 radical (unpaired) electrons. The van der Waals surface area contributed by atoms with E-state index in [9.17, 15) is 0 Å². The minimum atomic E-state index is 0.00889. The quantitative estimate of drug-likeness (QED) is 0.668. The average molecular weight is 346 g/mol. The van der Waals surface area contributed by atoms with Crippen molar-refractivity contribution in [3.63, 3.8) is 0 Å². The van der Waals surface area contributed by atoms with Crippen molar-refractivity contribution >= 4 is 39.1 Å². The van der Waals surface area contributed by atoms with Crippen LogP contribution >= 0.6 is 39.1 Å². The molecular weight excluding hydrogens is 335 g/mol. The van der Waals surface area contributed by atoms with Gasteiger partial charge in [-0.3, -0.25) is 0 Å². The first-order valence-corrected chi connectivity index (χ1v) is 7.02. The first kappa shape index (κ1) is 13.7. The van der Waals surface area contributed by atoms with Crippen LogP contribution in [0.2, 0.25) is 10.0 Å². The van der Waals surface area contributed by atoms with Crippen LogP contribution in [0.4, 0.5) is 0 Å². The van der Waals surface area contributed by atoms with E-state index in [1.165, 1.54) is 0 Å². The van der Waals surface area contributed by atoms with Crippen LogP contribution in [-0.4, -0.2) is 7.11 Å². The third-order valence-electron chi connectivity index (χ3n) is 2.64. The molecule has 0 amide bonds. The van der Waals surface area contributed by atoms with Crippen molar-refractivity contribution in [3.05, 3.63) is 63.6 Å². The van der Waals surface area contributed by atoms with Gasteiger partial charge in [0.25, 0.3) is 0 Å². The molecule has 4 heteroatoms. The molecule has 1 unspecified atom stereocenters. The molecule has 0 N–H and O–H groups in total. The molecule has 0 saturated heterocycles. The van der Waals surface area contributed by atoms with Crippen LogP contribution in [0.15, 0.2) is 42.5 Å². The van der Waals surface area contributed by atoms with Gasteiger partial charge in [-0.2, -0.15) is 0 Å². The summed E-state index contributed by atoms with van der Waals surface area (Å²) < 4.78 is 5.13. The lowest BCUT2D eigenvalue weighted by molar-refractivity contribution is 0.415. The fraction of sp³-hybridized carbons (Fsp3) is 0.143. The molecule has 0 heterocycles. The topological polar surface area (TPSA) is 9.23 Å². The summed E-state index contributed by atoms with van der Waals surface area (Å²) in [6, 6.07) is 13.6. The second-order valence-electron chi connectivity index (χ2n) is 3.78. The lowest BCUT2D eigenvalue weighted by atomic mass is 10.0. The van der Waals surface area contributed by atoms with E-state index in [4.69, 9.17) is 27.9 Å². The standard InChI is InChI=1S/C14H11BrCl2O/c1-18-13-8-11(16)10(7-12(13)17)14(15)9-5-3-2-4-6-9/h2-8,14H,1H3. The van der Waals surface area contributed by atoms with Crippen LogP contribution in [0.3, 0.4) is 0 Å². The first-order chi connectivity index (χ1) is 8.63. The number of halogens is 3. The van der Waals surface area contributed by atoms with Crippen LogP contribution in [0.25, 0.3) is 0 Å². The minimum Gasteiger partial charge on any atom is -0.495 e. The third kappa shape index (κ3) is 2.82. The zero-order valence-electron chi connectivity index (χ0n) is 9.66. The monoisotopic (exact) mass is 344 g/mol. The molecule has 2 rings (SSSR count). The Labute approximate surface area is 125 Å². The lowest BCUT2D eigenvalue weighted by Crippen LogP contribution is -1.95. The summed E-state index contributed by atoms with van der Waals surface area (Å²) in [6.45, 7) is 0. The minimum absolute atomic E-state index is 0.00889. The Bertz CT molecular complexity index is 543. The molecule has 0 aliphatic carbocycles. The summed E-state index contributed by atoms with van der Waals surface area (Å²) in [4.78, 5) is 0.00889. The zero-order valence-corrected chi connectivity index (χ0v) is 12.8. The van der Waals surface area contributed by atoms with Gasteiger partial charge in [-0.15, -0.1) is 0 Å². The van der Waals surface area contributed by atoms with Crippen molar-refractivity contribution < 1.29 is 4.74 Å². The Morgan fingerprint density at radius 3 is 2.33 bits per heavy atom. The van der Waals surface area contributed by atoms with Gasteiger partial charge in [0.2, 0.25) is 0 Å². The Morgan fingerprint density at radius 2 is 1.72 bits per heavy atom. The Balaban J connectivity index is 2.43. The molecule has 2 aromatic carbocycles. The second kappa shape index (κ2) is 5.96. The molecule has 0 saturated carbocycles. The van der Waals surface area contributed by atoms with E-state index in [-0.39, 0.29) is 4.83 Å². The first-order valence-electron chi connectivity index (χ1n) is 5.35. The van der Waals surface area contributed by atoms with Crippen molar-refractivity contribution in [2.24, 2.45) is 0 Å². The van der Waals surface area contributed by atoms with Gasteiger partial charge in [0.05, 0.1) is 17.0 Å². The van der Waals surface area contributed by atoms with Crippen LogP contribution < -0.4 is 4.74 Å². The molecule has 18 heavy (non-hydrogen) atoms.